The fourth-order valence-electron chi connectivity index (χ4n) is 3.63. The van der Waals surface area contributed by atoms with Crippen molar-refractivity contribution < 1.29 is 9.18 Å². The van der Waals surface area contributed by atoms with Crippen LogP contribution in [0.1, 0.15) is 23.5 Å². The van der Waals surface area contributed by atoms with E-state index in [-0.39, 0.29) is 23.8 Å². The summed E-state index contributed by atoms with van der Waals surface area (Å²) in [6, 6.07) is 9.75. The Hall–Kier alpha value is -3.48. The number of nitrogens with one attached hydrogen (secondary N) is 3. The van der Waals surface area contributed by atoms with Crippen LogP contribution in [0, 0.1) is 5.82 Å². The second-order valence-electron chi connectivity index (χ2n) is 6.49. The summed E-state index contributed by atoms with van der Waals surface area (Å²) in [6.07, 6.45) is 1.88. The first-order chi connectivity index (χ1) is 12.6. The van der Waals surface area contributed by atoms with Gasteiger partial charge in [-0.2, -0.15) is 5.10 Å². The van der Waals surface area contributed by atoms with Crippen LogP contribution in [-0.2, 0) is 4.79 Å². The third kappa shape index (κ3) is 2.21. The van der Waals surface area contributed by atoms with E-state index in [4.69, 9.17) is 0 Å². The minimum Gasteiger partial charge on any atom is -0.326 e. The lowest BCUT2D eigenvalue weighted by atomic mass is 9.84. The molecule has 1 aliphatic rings. The van der Waals surface area contributed by atoms with Crippen molar-refractivity contribution >= 4 is 33.4 Å². The van der Waals surface area contributed by atoms with Crippen molar-refractivity contribution in [2.75, 3.05) is 5.32 Å². The van der Waals surface area contributed by atoms with Crippen molar-refractivity contribution in [3.63, 3.8) is 0 Å². The molecule has 4 aromatic rings. The number of halogens is 1. The number of carbonyl (C=O) groups is 1. The Morgan fingerprint density at radius 2 is 1.85 bits per heavy atom. The van der Waals surface area contributed by atoms with Gasteiger partial charge in [0.1, 0.15) is 5.82 Å². The van der Waals surface area contributed by atoms with E-state index in [1.54, 1.807) is 18.3 Å². The molecular weight excluding hydrogens is 335 g/mol. The predicted molar refractivity (Wildman–Crippen MR) is 95.7 cm³/mol. The number of fused-ring (bicyclic) bond motifs is 3. The Morgan fingerprint density at radius 1 is 1.00 bits per heavy atom. The molecule has 1 aliphatic heterocycles. The molecule has 2 aromatic heterocycles. The van der Waals surface area contributed by atoms with Gasteiger partial charge in [0.25, 0.3) is 5.56 Å². The van der Waals surface area contributed by atoms with Gasteiger partial charge in [0.15, 0.2) is 0 Å². The SMILES string of the molecule is O=C1CC(c2cc3ccc(F)cc3[nH]c2=O)c2cc3cn[nH]c3cc2N1. The second-order valence-corrected chi connectivity index (χ2v) is 6.49. The predicted octanol–water partition coefficient (Wildman–Crippen LogP) is 3.02. The van der Waals surface area contributed by atoms with E-state index >= 15 is 0 Å². The monoisotopic (exact) mass is 348 g/mol. The molecule has 3 heterocycles. The molecule has 26 heavy (non-hydrogen) atoms. The molecule has 0 saturated carbocycles. The van der Waals surface area contributed by atoms with E-state index < -0.39 is 5.82 Å². The first-order valence-corrected chi connectivity index (χ1v) is 8.18. The van der Waals surface area contributed by atoms with Gasteiger partial charge in [-0.15, -0.1) is 0 Å². The molecule has 6 nitrogen and oxygen atoms in total. The van der Waals surface area contributed by atoms with E-state index in [0.29, 0.717) is 16.8 Å². The van der Waals surface area contributed by atoms with Crippen molar-refractivity contribution in [1.29, 1.82) is 0 Å². The maximum absolute atomic E-state index is 13.4. The van der Waals surface area contributed by atoms with E-state index in [0.717, 1.165) is 21.9 Å². The number of H-pyrrole nitrogens is 2. The van der Waals surface area contributed by atoms with Crippen LogP contribution in [0.15, 0.2) is 47.4 Å². The molecule has 5 rings (SSSR count). The molecule has 0 saturated heterocycles. The summed E-state index contributed by atoms with van der Waals surface area (Å²) in [5.41, 5.74) is 2.95. The summed E-state index contributed by atoms with van der Waals surface area (Å²) in [6.45, 7) is 0. The highest BCUT2D eigenvalue weighted by Gasteiger charge is 2.29. The molecule has 0 fully saturated rings. The Bertz CT molecular complexity index is 1260. The molecule has 0 aliphatic carbocycles. The Balaban J connectivity index is 1.74. The first kappa shape index (κ1) is 14.8. The second kappa shape index (κ2) is 5.26. The number of benzene rings is 2. The maximum atomic E-state index is 13.4. The molecule has 1 amide bonds. The third-order valence-electron chi connectivity index (χ3n) is 4.86. The molecule has 1 atom stereocenters. The summed E-state index contributed by atoms with van der Waals surface area (Å²) in [7, 11) is 0. The number of nitrogens with zero attached hydrogens (tertiary/aromatic N) is 1. The average molecular weight is 348 g/mol. The highest BCUT2D eigenvalue weighted by Crippen LogP contribution is 2.38. The highest BCUT2D eigenvalue weighted by molar-refractivity contribution is 5.98. The fourth-order valence-corrected chi connectivity index (χ4v) is 3.63. The number of hydrogen-bond acceptors (Lipinski definition) is 3. The zero-order valence-corrected chi connectivity index (χ0v) is 13.5. The van der Waals surface area contributed by atoms with Gasteiger partial charge in [0, 0.05) is 29.0 Å². The lowest BCUT2D eigenvalue weighted by molar-refractivity contribution is -0.116. The van der Waals surface area contributed by atoms with E-state index in [1.807, 2.05) is 12.1 Å². The van der Waals surface area contributed by atoms with Crippen molar-refractivity contribution in [3.05, 3.63) is 69.9 Å². The zero-order chi connectivity index (χ0) is 17.8. The Morgan fingerprint density at radius 3 is 2.73 bits per heavy atom. The molecular formula is C19H13FN4O2. The molecule has 0 spiro atoms. The number of hydrogen-bond donors (Lipinski definition) is 3. The summed E-state index contributed by atoms with van der Waals surface area (Å²) < 4.78 is 13.4. The number of carbonyl (C=O) groups excluding carboxylic acids is 1. The number of amides is 1. The lowest BCUT2D eigenvalue weighted by Gasteiger charge is -2.25. The lowest BCUT2D eigenvalue weighted by Crippen LogP contribution is -2.27. The minimum absolute atomic E-state index is 0.153. The van der Waals surface area contributed by atoms with Crippen LogP contribution in [-0.4, -0.2) is 21.1 Å². The molecule has 128 valence electrons. The van der Waals surface area contributed by atoms with Gasteiger partial charge in [0.05, 0.1) is 17.2 Å². The molecule has 0 radical (unpaired) electrons. The van der Waals surface area contributed by atoms with Crippen molar-refractivity contribution in [1.82, 2.24) is 15.2 Å². The maximum Gasteiger partial charge on any atom is 0.252 e. The number of aromatic nitrogens is 3. The quantitative estimate of drug-likeness (QED) is 0.494. The van der Waals surface area contributed by atoms with Gasteiger partial charge in [-0.25, -0.2) is 4.39 Å². The van der Waals surface area contributed by atoms with Gasteiger partial charge in [-0.05, 0) is 47.3 Å². The largest absolute Gasteiger partial charge is 0.326 e. The summed E-state index contributed by atoms with van der Waals surface area (Å²) >= 11 is 0. The summed E-state index contributed by atoms with van der Waals surface area (Å²) in [5, 5.41) is 11.4. The smallest absolute Gasteiger partial charge is 0.252 e. The Labute approximate surface area is 146 Å². The van der Waals surface area contributed by atoms with Crippen LogP contribution in [0.3, 0.4) is 0 Å². The van der Waals surface area contributed by atoms with Crippen LogP contribution in [0.5, 0.6) is 0 Å². The molecule has 0 bridgehead atoms. The number of aromatic amines is 2. The third-order valence-corrected chi connectivity index (χ3v) is 4.86. The zero-order valence-electron chi connectivity index (χ0n) is 13.5. The van der Waals surface area contributed by atoms with Crippen LogP contribution in [0.4, 0.5) is 10.1 Å². The molecule has 1 unspecified atom stereocenters. The van der Waals surface area contributed by atoms with Crippen LogP contribution in [0.25, 0.3) is 21.8 Å². The standard InChI is InChI=1S/C19H13FN4O2/c20-11-2-1-9-3-14(19(26)23-15(9)5-11)12-6-18(25)22-17-7-16-10(4-13(12)17)8-21-24-16/h1-5,7-8,12H,6H2,(H,21,24)(H,22,25)(H,23,26). The molecule has 7 heteroatoms. The van der Waals surface area contributed by atoms with E-state index in [9.17, 15) is 14.0 Å². The average Bonchev–Trinajstić information content (AvgIpc) is 3.06. The Kier molecular flexibility index (Phi) is 3.00. The first-order valence-electron chi connectivity index (χ1n) is 8.18. The van der Waals surface area contributed by atoms with Gasteiger partial charge in [-0.1, -0.05) is 0 Å². The van der Waals surface area contributed by atoms with Crippen LogP contribution in [0.2, 0.25) is 0 Å². The van der Waals surface area contributed by atoms with Crippen molar-refractivity contribution in [3.8, 4) is 0 Å². The topological polar surface area (TPSA) is 90.6 Å². The van der Waals surface area contributed by atoms with Gasteiger partial charge < -0.3 is 10.3 Å². The normalized spacial score (nSPS) is 16.7. The summed E-state index contributed by atoms with van der Waals surface area (Å²) in [4.78, 5) is 27.6. The van der Waals surface area contributed by atoms with E-state index in [2.05, 4.69) is 20.5 Å². The van der Waals surface area contributed by atoms with Crippen LogP contribution >= 0.6 is 0 Å². The van der Waals surface area contributed by atoms with Gasteiger partial charge in [-0.3, -0.25) is 14.7 Å². The number of rotatable bonds is 1. The van der Waals surface area contributed by atoms with Gasteiger partial charge in [0.2, 0.25) is 5.91 Å². The number of pyridine rings is 1. The fraction of sp³-hybridized carbons (Fsp3) is 0.105. The van der Waals surface area contributed by atoms with E-state index in [1.165, 1.54) is 12.1 Å². The molecule has 2 aromatic carbocycles. The highest BCUT2D eigenvalue weighted by atomic mass is 19.1. The van der Waals surface area contributed by atoms with Crippen LogP contribution < -0.4 is 10.9 Å². The summed E-state index contributed by atoms with van der Waals surface area (Å²) in [5.74, 6) is -0.943. The van der Waals surface area contributed by atoms with Gasteiger partial charge >= 0.3 is 0 Å². The number of anilines is 1. The molecule has 3 N–H and O–H groups in total. The van der Waals surface area contributed by atoms with Crippen molar-refractivity contribution in [2.24, 2.45) is 0 Å². The van der Waals surface area contributed by atoms with Crippen molar-refractivity contribution in [2.45, 2.75) is 12.3 Å². The minimum atomic E-state index is -0.411.